The van der Waals surface area contributed by atoms with Crippen LogP contribution in [-0.4, -0.2) is 23.6 Å². The maximum absolute atomic E-state index is 12.1. The second kappa shape index (κ2) is 7.50. The number of hydrogen-bond donors (Lipinski definition) is 0. The molecule has 1 heterocycles. The van der Waals surface area contributed by atoms with E-state index in [4.69, 9.17) is 11.6 Å². The number of nitrogens with zero attached hydrogens (tertiary/aromatic N) is 1. The number of benzene rings is 1. The van der Waals surface area contributed by atoms with Gasteiger partial charge in [-0.2, -0.15) is 0 Å². The van der Waals surface area contributed by atoms with Crippen LogP contribution in [0.1, 0.15) is 4.88 Å². The molecule has 0 radical (unpaired) electrons. The number of halogens is 2. The van der Waals surface area contributed by atoms with Crippen LogP contribution in [0, 0.1) is 0 Å². The van der Waals surface area contributed by atoms with E-state index in [1.807, 2.05) is 43.4 Å². The molecule has 0 aliphatic rings. The van der Waals surface area contributed by atoms with Gasteiger partial charge >= 0.3 is 0 Å². The molecule has 1 amide bonds. The molecule has 0 unspecified atom stereocenters. The van der Waals surface area contributed by atoms with Crippen molar-refractivity contribution in [2.75, 3.05) is 12.8 Å². The molecule has 1 aromatic heterocycles. The summed E-state index contributed by atoms with van der Waals surface area (Å²) < 4.78 is 1.80. The van der Waals surface area contributed by atoms with Gasteiger partial charge in [-0.05, 0) is 36.4 Å². The van der Waals surface area contributed by atoms with Crippen LogP contribution >= 0.6 is 50.6 Å². The molecule has 2 rings (SSSR count). The third-order valence-corrected chi connectivity index (χ3v) is 5.36. The van der Waals surface area contributed by atoms with Crippen molar-refractivity contribution < 1.29 is 4.79 Å². The summed E-state index contributed by atoms with van der Waals surface area (Å²) in [6.07, 6.45) is 0. The summed E-state index contributed by atoms with van der Waals surface area (Å²) in [5.41, 5.74) is 0. The summed E-state index contributed by atoms with van der Waals surface area (Å²) in [6, 6.07) is 11.8. The molecule has 0 fully saturated rings. The van der Waals surface area contributed by atoms with Crippen LogP contribution in [0.25, 0.3) is 0 Å². The van der Waals surface area contributed by atoms with Gasteiger partial charge in [0.15, 0.2) is 0 Å². The van der Waals surface area contributed by atoms with E-state index in [1.165, 1.54) is 11.3 Å². The van der Waals surface area contributed by atoms with Crippen molar-refractivity contribution in [3.05, 3.63) is 50.1 Å². The number of hydrogen-bond acceptors (Lipinski definition) is 3. The molecule has 0 saturated carbocycles. The first-order valence-corrected chi connectivity index (χ1v) is 8.88. The van der Waals surface area contributed by atoms with Crippen LogP contribution in [0.4, 0.5) is 0 Å². The van der Waals surface area contributed by atoms with Gasteiger partial charge in [0.05, 0.1) is 16.6 Å². The predicted molar refractivity (Wildman–Crippen MR) is 90.7 cm³/mol. The highest BCUT2D eigenvalue weighted by Crippen LogP contribution is 2.24. The summed E-state index contributed by atoms with van der Waals surface area (Å²) in [7, 11) is 1.82. The Hall–Kier alpha value is -0.490. The van der Waals surface area contributed by atoms with Crippen molar-refractivity contribution >= 4 is 56.5 Å². The summed E-state index contributed by atoms with van der Waals surface area (Å²) in [5.74, 6) is 0.555. The Morgan fingerprint density at radius 1 is 1.30 bits per heavy atom. The second-order valence-electron chi connectivity index (χ2n) is 4.20. The topological polar surface area (TPSA) is 20.3 Å². The number of amides is 1. The van der Waals surface area contributed by atoms with Crippen LogP contribution in [0.5, 0.6) is 0 Å². The normalized spacial score (nSPS) is 10.6. The standard InChI is InChI=1S/C14H13BrClNOS2/c1-17(8-12-6-7-13(16)20-12)14(18)9-19-11-4-2-10(15)3-5-11/h2-7H,8-9H2,1H3. The number of rotatable bonds is 5. The molecule has 0 atom stereocenters. The fourth-order valence-corrected chi connectivity index (χ4v) is 3.79. The van der Waals surface area contributed by atoms with E-state index < -0.39 is 0 Å². The lowest BCUT2D eigenvalue weighted by molar-refractivity contribution is -0.127. The number of carbonyl (C=O) groups excluding carboxylic acids is 1. The molecule has 106 valence electrons. The molecular weight excluding hydrogens is 378 g/mol. The maximum Gasteiger partial charge on any atom is 0.233 e. The summed E-state index contributed by atoms with van der Waals surface area (Å²) in [5, 5.41) is 0. The molecule has 0 aliphatic carbocycles. The maximum atomic E-state index is 12.1. The quantitative estimate of drug-likeness (QED) is 0.676. The van der Waals surface area contributed by atoms with Gasteiger partial charge in [0.25, 0.3) is 0 Å². The second-order valence-corrected chi connectivity index (χ2v) is 7.96. The number of carbonyl (C=O) groups is 1. The Labute approximate surface area is 140 Å². The Morgan fingerprint density at radius 2 is 2.00 bits per heavy atom. The van der Waals surface area contributed by atoms with E-state index >= 15 is 0 Å². The monoisotopic (exact) mass is 389 g/mol. The number of thiophene rings is 1. The zero-order valence-electron chi connectivity index (χ0n) is 10.8. The van der Waals surface area contributed by atoms with Gasteiger partial charge in [-0.3, -0.25) is 4.79 Å². The lowest BCUT2D eigenvalue weighted by Crippen LogP contribution is -2.27. The Bertz CT molecular complexity index is 585. The Kier molecular flexibility index (Phi) is 5.96. The van der Waals surface area contributed by atoms with Crippen molar-refractivity contribution in [2.45, 2.75) is 11.4 Å². The SMILES string of the molecule is CN(Cc1ccc(Cl)s1)C(=O)CSc1ccc(Br)cc1. The van der Waals surface area contributed by atoms with Gasteiger partial charge < -0.3 is 4.90 Å². The molecule has 0 aliphatic heterocycles. The van der Waals surface area contributed by atoms with Gasteiger partial charge in [-0.15, -0.1) is 23.1 Å². The highest BCUT2D eigenvalue weighted by molar-refractivity contribution is 9.10. The Morgan fingerprint density at radius 3 is 2.60 bits per heavy atom. The van der Waals surface area contributed by atoms with Gasteiger partial charge in [0, 0.05) is 21.3 Å². The summed E-state index contributed by atoms with van der Waals surface area (Å²) >= 11 is 12.3. The van der Waals surface area contributed by atoms with Crippen LogP contribution < -0.4 is 0 Å². The van der Waals surface area contributed by atoms with E-state index in [9.17, 15) is 4.79 Å². The van der Waals surface area contributed by atoms with Crippen LogP contribution in [0.15, 0.2) is 45.8 Å². The third kappa shape index (κ3) is 4.81. The molecule has 20 heavy (non-hydrogen) atoms. The molecule has 0 spiro atoms. The molecule has 0 N–H and O–H groups in total. The van der Waals surface area contributed by atoms with E-state index in [0.29, 0.717) is 12.3 Å². The highest BCUT2D eigenvalue weighted by atomic mass is 79.9. The van der Waals surface area contributed by atoms with Crippen LogP contribution in [-0.2, 0) is 11.3 Å². The van der Waals surface area contributed by atoms with Crippen molar-refractivity contribution in [2.24, 2.45) is 0 Å². The predicted octanol–water partition coefficient (Wildman–Crippen LogP) is 4.91. The number of thioether (sulfide) groups is 1. The Balaban J connectivity index is 1.83. The minimum absolute atomic E-state index is 0.113. The lowest BCUT2D eigenvalue weighted by atomic mass is 10.4. The first-order chi connectivity index (χ1) is 9.54. The third-order valence-electron chi connectivity index (χ3n) is 2.62. The summed E-state index contributed by atoms with van der Waals surface area (Å²) in [4.78, 5) is 16.0. The smallest absolute Gasteiger partial charge is 0.233 e. The molecule has 0 saturated heterocycles. The van der Waals surface area contributed by atoms with Gasteiger partial charge in [0.2, 0.25) is 5.91 Å². The largest absolute Gasteiger partial charge is 0.340 e. The van der Waals surface area contributed by atoms with Gasteiger partial charge in [0.1, 0.15) is 0 Å². The summed E-state index contributed by atoms with van der Waals surface area (Å²) in [6.45, 7) is 0.608. The zero-order valence-corrected chi connectivity index (χ0v) is 14.8. The zero-order chi connectivity index (χ0) is 14.5. The molecular formula is C14H13BrClNOS2. The van der Waals surface area contributed by atoms with Crippen LogP contribution in [0.3, 0.4) is 0 Å². The lowest BCUT2D eigenvalue weighted by Gasteiger charge is -2.15. The van der Waals surface area contributed by atoms with Crippen LogP contribution in [0.2, 0.25) is 4.34 Å². The average Bonchev–Trinajstić information content (AvgIpc) is 2.83. The van der Waals surface area contributed by atoms with E-state index in [2.05, 4.69) is 15.9 Å². The fraction of sp³-hybridized carbons (Fsp3) is 0.214. The van der Waals surface area contributed by atoms with Gasteiger partial charge in [-0.25, -0.2) is 0 Å². The minimum atomic E-state index is 0.113. The van der Waals surface area contributed by atoms with Crippen molar-refractivity contribution in [3.8, 4) is 0 Å². The minimum Gasteiger partial charge on any atom is -0.340 e. The highest BCUT2D eigenvalue weighted by Gasteiger charge is 2.11. The fourth-order valence-electron chi connectivity index (χ4n) is 1.54. The molecule has 0 bridgehead atoms. The first-order valence-electron chi connectivity index (χ1n) is 5.91. The van der Waals surface area contributed by atoms with E-state index in [1.54, 1.807) is 16.7 Å². The van der Waals surface area contributed by atoms with Gasteiger partial charge in [-0.1, -0.05) is 27.5 Å². The van der Waals surface area contributed by atoms with E-state index in [-0.39, 0.29) is 5.91 Å². The van der Waals surface area contributed by atoms with Crippen molar-refractivity contribution in [1.82, 2.24) is 4.90 Å². The van der Waals surface area contributed by atoms with E-state index in [0.717, 1.165) is 18.6 Å². The molecule has 2 nitrogen and oxygen atoms in total. The van der Waals surface area contributed by atoms with Crippen molar-refractivity contribution in [1.29, 1.82) is 0 Å². The van der Waals surface area contributed by atoms with Crippen molar-refractivity contribution in [3.63, 3.8) is 0 Å². The molecule has 6 heteroatoms. The average molecular weight is 391 g/mol. The molecule has 1 aromatic carbocycles. The first kappa shape index (κ1) is 15.9. The molecule has 2 aromatic rings.